The molecule has 1 aromatic heterocycles. The van der Waals surface area contributed by atoms with Crippen LogP contribution in [0.1, 0.15) is 17.5 Å². The SMILES string of the molecule is CCNc1nnc(CN(C)Cc2ccccc2)s1. The first kappa shape index (κ1) is 13.0. The van der Waals surface area contributed by atoms with Crippen molar-refractivity contribution in [2.24, 2.45) is 0 Å². The lowest BCUT2D eigenvalue weighted by Gasteiger charge is -2.14. The monoisotopic (exact) mass is 262 g/mol. The molecule has 0 unspecified atom stereocenters. The Balaban J connectivity index is 1.88. The van der Waals surface area contributed by atoms with Crippen LogP contribution in [0.3, 0.4) is 0 Å². The van der Waals surface area contributed by atoms with Crippen LogP contribution in [0.4, 0.5) is 5.13 Å². The van der Waals surface area contributed by atoms with Gasteiger partial charge in [0.05, 0.1) is 6.54 Å². The molecule has 1 aromatic carbocycles. The van der Waals surface area contributed by atoms with Gasteiger partial charge in [0, 0.05) is 13.1 Å². The fourth-order valence-electron chi connectivity index (χ4n) is 1.72. The summed E-state index contributed by atoms with van der Waals surface area (Å²) in [7, 11) is 2.10. The first-order valence-corrected chi connectivity index (χ1v) is 6.88. The molecular formula is C13H18N4S. The molecule has 0 aliphatic carbocycles. The number of hydrogen-bond acceptors (Lipinski definition) is 5. The first-order chi connectivity index (χ1) is 8.78. The zero-order valence-corrected chi connectivity index (χ0v) is 11.6. The van der Waals surface area contributed by atoms with E-state index in [-0.39, 0.29) is 0 Å². The second-order valence-corrected chi connectivity index (χ2v) is 5.25. The minimum absolute atomic E-state index is 0.831. The minimum Gasteiger partial charge on any atom is -0.360 e. The van der Waals surface area contributed by atoms with Crippen molar-refractivity contribution in [3.8, 4) is 0 Å². The summed E-state index contributed by atoms with van der Waals surface area (Å²) in [6.07, 6.45) is 0. The van der Waals surface area contributed by atoms with Gasteiger partial charge in [-0.2, -0.15) is 0 Å². The van der Waals surface area contributed by atoms with Gasteiger partial charge in [0.2, 0.25) is 5.13 Å². The van der Waals surface area contributed by atoms with Gasteiger partial charge in [0.15, 0.2) is 0 Å². The molecular weight excluding hydrogens is 244 g/mol. The minimum atomic E-state index is 0.831. The van der Waals surface area contributed by atoms with Crippen LogP contribution in [-0.2, 0) is 13.1 Å². The van der Waals surface area contributed by atoms with Crippen LogP contribution in [-0.4, -0.2) is 28.7 Å². The summed E-state index contributed by atoms with van der Waals surface area (Å²) in [6.45, 7) is 4.70. The zero-order chi connectivity index (χ0) is 12.8. The largest absolute Gasteiger partial charge is 0.360 e. The molecule has 2 rings (SSSR count). The van der Waals surface area contributed by atoms with E-state index < -0.39 is 0 Å². The van der Waals surface area contributed by atoms with E-state index in [4.69, 9.17) is 0 Å². The van der Waals surface area contributed by atoms with E-state index in [1.165, 1.54) is 5.56 Å². The molecule has 0 aliphatic heterocycles. The van der Waals surface area contributed by atoms with Gasteiger partial charge in [0.25, 0.3) is 0 Å². The fraction of sp³-hybridized carbons (Fsp3) is 0.385. The third-order valence-corrected chi connectivity index (χ3v) is 3.36. The summed E-state index contributed by atoms with van der Waals surface area (Å²) in [5.41, 5.74) is 1.32. The van der Waals surface area contributed by atoms with Crippen molar-refractivity contribution in [2.75, 3.05) is 18.9 Å². The summed E-state index contributed by atoms with van der Waals surface area (Å²) in [4.78, 5) is 2.24. The van der Waals surface area contributed by atoms with Gasteiger partial charge in [-0.05, 0) is 19.5 Å². The zero-order valence-electron chi connectivity index (χ0n) is 10.8. The first-order valence-electron chi connectivity index (χ1n) is 6.06. The molecule has 4 nitrogen and oxygen atoms in total. The highest BCUT2D eigenvalue weighted by Gasteiger charge is 2.07. The fourth-order valence-corrected chi connectivity index (χ4v) is 2.61. The lowest BCUT2D eigenvalue weighted by Crippen LogP contribution is -2.16. The number of rotatable bonds is 6. The molecule has 0 saturated heterocycles. The van der Waals surface area contributed by atoms with Crippen molar-refractivity contribution in [1.82, 2.24) is 15.1 Å². The summed E-state index contributed by atoms with van der Waals surface area (Å²) < 4.78 is 0. The smallest absolute Gasteiger partial charge is 0.205 e. The molecule has 2 aromatic rings. The number of nitrogens with zero attached hydrogens (tertiary/aromatic N) is 3. The summed E-state index contributed by atoms with van der Waals surface area (Å²) in [5.74, 6) is 0. The lowest BCUT2D eigenvalue weighted by molar-refractivity contribution is 0.317. The maximum absolute atomic E-state index is 4.18. The van der Waals surface area contributed by atoms with Crippen molar-refractivity contribution < 1.29 is 0 Å². The summed E-state index contributed by atoms with van der Waals surface area (Å²) in [5, 5.41) is 13.4. The van der Waals surface area contributed by atoms with Gasteiger partial charge in [-0.25, -0.2) is 0 Å². The maximum atomic E-state index is 4.18. The topological polar surface area (TPSA) is 41.1 Å². The average molecular weight is 262 g/mol. The van der Waals surface area contributed by atoms with Gasteiger partial charge in [0.1, 0.15) is 5.01 Å². The number of benzene rings is 1. The Labute approximate surface area is 112 Å². The molecule has 0 fully saturated rings. The van der Waals surface area contributed by atoms with Crippen LogP contribution in [0.2, 0.25) is 0 Å². The normalized spacial score (nSPS) is 10.8. The van der Waals surface area contributed by atoms with Crippen molar-refractivity contribution in [2.45, 2.75) is 20.0 Å². The molecule has 0 aliphatic rings. The number of anilines is 1. The predicted molar refractivity (Wildman–Crippen MR) is 75.7 cm³/mol. The van der Waals surface area contributed by atoms with Crippen LogP contribution in [0, 0.1) is 0 Å². The summed E-state index contributed by atoms with van der Waals surface area (Å²) >= 11 is 1.62. The van der Waals surface area contributed by atoms with E-state index in [0.717, 1.165) is 29.8 Å². The molecule has 18 heavy (non-hydrogen) atoms. The Morgan fingerprint density at radius 1 is 1.17 bits per heavy atom. The van der Waals surface area contributed by atoms with Crippen molar-refractivity contribution in [3.05, 3.63) is 40.9 Å². The van der Waals surface area contributed by atoms with Crippen molar-refractivity contribution in [3.63, 3.8) is 0 Å². The van der Waals surface area contributed by atoms with Crippen LogP contribution in [0.5, 0.6) is 0 Å². The van der Waals surface area contributed by atoms with Crippen LogP contribution >= 0.6 is 11.3 Å². The molecule has 5 heteroatoms. The van der Waals surface area contributed by atoms with Gasteiger partial charge in [-0.15, -0.1) is 10.2 Å². The van der Waals surface area contributed by atoms with E-state index in [9.17, 15) is 0 Å². The van der Waals surface area contributed by atoms with Gasteiger partial charge in [-0.1, -0.05) is 41.7 Å². The molecule has 1 N–H and O–H groups in total. The standard InChI is InChI=1S/C13H18N4S/c1-3-14-13-16-15-12(18-13)10-17(2)9-11-7-5-4-6-8-11/h4-8H,3,9-10H2,1-2H3,(H,14,16). The third-order valence-electron chi connectivity index (χ3n) is 2.50. The highest BCUT2D eigenvalue weighted by atomic mass is 32.1. The van der Waals surface area contributed by atoms with E-state index in [1.807, 2.05) is 6.07 Å². The Hall–Kier alpha value is -1.46. The highest BCUT2D eigenvalue weighted by Crippen LogP contribution is 2.16. The molecule has 0 bridgehead atoms. The number of hydrogen-bond donors (Lipinski definition) is 1. The Kier molecular flexibility index (Phi) is 4.66. The molecule has 0 spiro atoms. The van der Waals surface area contributed by atoms with Crippen LogP contribution < -0.4 is 5.32 Å². The summed E-state index contributed by atoms with van der Waals surface area (Å²) in [6, 6.07) is 10.5. The quantitative estimate of drug-likeness (QED) is 0.869. The second-order valence-electron chi connectivity index (χ2n) is 4.19. The lowest BCUT2D eigenvalue weighted by atomic mass is 10.2. The van der Waals surface area contributed by atoms with Crippen molar-refractivity contribution >= 4 is 16.5 Å². The van der Waals surface area contributed by atoms with Crippen LogP contribution in [0.15, 0.2) is 30.3 Å². The van der Waals surface area contributed by atoms with Gasteiger partial charge >= 0.3 is 0 Å². The van der Waals surface area contributed by atoms with Gasteiger partial charge in [-0.3, -0.25) is 4.90 Å². The molecule has 0 atom stereocenters. The average Bonchev–Trinajstić information content (AvgIpc) is 2.78. The van der Waals surface area contributed by atoms with E-state index in [1.54, 1.807) is 11.3 Å². The molecule has 0 radical (unpaired) electrons. The Bertz CT molecular complexity index is 469. The second kappa shape index (κ2) is 6.47. The number of nitrogens with one attached hydrogen (secondary N) is 1. The predicted octanol–water partition coefficient (Wildman–Crippen LogP) is 2.60. The van der Waals surface area contributed by atoms with Crippen molar-refractivity contribution in [1.29, 1.82) is 0 Å². The molecule has 96 valence electrons. The molecule has 0 saturated carbocycles. The van der Waals surface area contributed by atoms with Gasteiger partial charge < -0.3 is 5.32 Å². The third kappa shape index (κ3) is 3.78. The Morgan fingerprint density at radius 3 is 2.67 bits per heavy atom. The number of aromatic nitrogens is 2. The van der Waals surface area contributed by atoms with E-state index >= 15 is 0 Å². The molecule has 0 amide bonds. The Morgan fingerprint density at radius 2 is 1.94 bits per heavy atom. The molecule has 1 heterocycles. The highest BCUT2D eigenvalue weighted by molar-refractivity contribution is 7.15. The maximum Gasteiger partial charge on any atom is 0.205 e. The van der Waals surface area contributed by atoms with E-state index in [2.05, 4.69) is 58.7 Å². The van der Waals surface area contributed by atoms with Crippen LogP contribution in [0.25, 0.3) is 0 Å². The van der Waals surface area contributed by atoms with E-state index in [0.29, 0.717) is 0 Å².